The van der Waals surface area contributed by atoms with E-state index in [1.54, 1.807) is 0 Å². The predicted octanol–water partition coefficient (Wildman–Crippen LogP) is 14.8. The van der Waals surface area contributed by atoms with Gasteiger partial charge in [-0.3, -0.25) is 0 Å². The van der Waals surface area contributed by atoms with Crippen molar-refractivity contribution in [3.8, 4) is 33.4 Å². The third-order valence-electron chi connectivity index (χ3n) is 10.3. The first-order chi connectivity index (χ1) is 27.9. The second kappa shape index (κ2) is 13.0. The van der Waals surface area contributed by atoms with Crippen molar-refractivity contribution in [1.29, 1.82) is 0 Å². The van der Waals surface area contributed by atoms with Gasteiger partial charge in [0, 0.05) is 17.1 Å². The summed E-state index contributed by atoms with van der Waals surface area (Å²) in [5, 5.41) is 8.96. The Balaban J connectivity index is 1.12. The summed E-state index contributed by atoms with van der Waals surface area (Å²) in [4.78, 5) is 1.87. The summed E-state index contributed by atoms with van der Waals surface area (Å²) in [6.45, 7) is 0. The number of benzene rings is 10. The first-order valence-corrected chi connectivity index (χ1v) is 17.9. The highest BCUT2D eigenvalue weighted by atomic mass is 15.1. The van der Waals surface area contributed by atoms with Gasteiger partial charge in [0.05, 0.1) is 5.48 Å². The van der Waals surface area contributed by atoms with Crippen molar-refractivity contribution in [2.24, 2.45) is 0 Å². The maximum Gasteiger partial charge on any atom is 0.0645 e. The number of hydrogen-bond donors (Lipinski definition) is 0. The van der Waals surface area contributed by atoms with Crippen molar-refractivity contribution in [3.05, 3.63) is 212 Å². The van der Waals surface area contributed by atoms with Gasteiger partial charge in [0.25, 0.3) is 0 Å². The van der Waals surface area contributed by atoms with E-state index < -0.39 is 0 Å². The van der Waals surface area contributed by atoms with Gasteiger partial charge in [0.15, 0.2) is 0 Å². The van der Waals surface area contributed by atoms with Gasteiger partial charge in [0.1, 0.15) is 0 Å². The van der Waals surface area contributed by atoms with Crippen LogP contribution in [0.25, 0.3) is 76.5 Å². The van der Waals surface area contributed by atoms with Crippen molar-refractivity contribution in [1.82, 2.24) is 0 Å². The largest absolute Gasteiger partial charge is 0.310 e. The third kappa shape index (κ3) is 5.79. The maximum atomic E-state index is 9.55. The van der Waals surface area contributed by atoms with Crippen LogP contribution in [0.5, 0.6) is 0 Å². The number of hydrogen-bond acceptors (Lipinski definition) is 1. The number of anilines is 3. The van der Waals surface area contributed by atoms with E-state index in [0.717, 1.165) is 71.3 Å². The standard InChI is InChI=1S/C52H35N/c1-3-11-41-32-44(19-16-36(41)8-1)38-22-27-48(28-23-38)53(50-14-7-13-43(35-50)46-20-17-37-9-2-4-12-42(37)33-46)49-29-24-39(25-30-49)45-26-31-52-47(34-45)21-18-40-10-5-6-15-51(40)52/h1-35H/i24D,25D,29D,30D. The maximum absolute atomic E-state index is 9.55. The lowest BCUT2D eigenvalue weighted by molar-refractivity contribution is 1.28. The minimum Gasteiger partial charge on any atom is -0.310 e. The molecular formula is C52H35N. The molecule has 0 bridgehead atoms. The number of rotatable bonds is 6. The Morgan fingerprint density at radius 2 is 0.755 bits per heavy atom. The fraction of sp³-hybridized carbons (Fsp3) is 0. The molecule has 248 valence electrons. The zero-order valence-electron chi connectivity index (χ0n) is 32.8. The summed E-state index contributed by atoms with van der Waals surface area (Å²) < 4.78 is 37.9. The van der Waals surface area contributed by atoms with E-state index in [9.17, 15) is 5.48 Å². The second-order valence-corrected chi connectivity index (χ2v) is 13.5. The van der Waals surface area contributed by atoms with Crippen LogP contribution in [0.4, 0.5) is 17.1 Å². The van der Waals surface area contributed by atoms with Crippen LogP contribution in [0, 0.1) is 0 Å². The molecule has 10 aromatic rings. The molecule has 0 aliphatic heterocycles. The van der Waals surface area contributed by atoms with E-state index in [1.165, 1.54) is 5.39 Å². The fourth-order valence-electron chi connectivity index (χ4n) is 7.50. The van der Waals surface area contributed by atoms with E-state index in [2.05, 4.69) is 109 Å². The van der Waals surface area contributed by atoms with Gasteiger partial charge in [-0.25, -0.2) is 0 Å². The lowest BCUT2D eigenvalue weighted by Crippen LogP contribution is -2.10. The van der Waals surface area contributed by atoms with Crippen molar-refractivity contribution in [3.63, 3.8) is 0 Å². The first-order valence-electron chi connectivity index (χ1n) is 19.9. The van der Waals surface area contributed by atoms with Gasteiger partial charge in [-0.15, -0.1) is 0 Å². The zero-order valence-corrected chi connectivity index (χ0v) is 28.8. The minimum absolute atomic E-state index is 0.0883. The van der Waals surface area contributed by atoms with Gasteiger partial charge in [0.2, 0.25) is 0 Å². The molecule has 0 saturated heterocycles. The van der Waals surface area contributed by atoms with E-state index in [-0.39, 0.29) is 35.4 Å². The van der Waals surface area contributed by atoms with Crippen molar-refractivity contribution >= 4 is 60.2 Å². The molecule has 1 nitrogen and oxygen atoms in total. The summed E-state index contributed by atoms with van der Waals surface area (Å²) in [6, 6.07) is 63.5. The van der Waals surface area contributed by atoms with Crippen molar-refractivity contribution < 1.29 is 5.48 Å². The summed E-state index contributed by atoms with van der Waals surface area (Å²) in [5.74, 6) is 0. The normalized spacial score (nSPS) is 12.5. The monoisotopic (exact) mass is 677 g/mol. The highest BCUT2D eigenvalue weighted by Crippen LogP contribution is 2.39. The molecule has 0 spiro atoms. The van der Waals surface area contributed by atoms with Crippen LogP contribution in [0.15, 0.2) is 212 Å². The lowest BCUT2D eigenvalue weighted by Gasteiger charge is -2.26. The molecule has 0 atom stereocenters. The molecule has 53 heavy (non-hydrogen) atoms. The van der Waals surface area contributed by atoms with Crippen LogP contribution < -0.4 is 4.90 Å². The van der Waals surface area contributed by atoms with Crippen LogP contribution in [0.1, 0.15) is 5.48 Å². The summed E-state index contributed by atoms with van der Waals surface area (Å²) >= 11 is 0. The molecule has 0 aliphatic carbocycles. The molecule has 0 fully saturated rings. The van der Waals surface area contributed by atoms with Crippen molar-refractivity contribution in [2.75, 3.05) is 4.90 Å². The third-order valence-corrected chi connectivity index (χ3v) is 10.3. The highest BCUT2D eigenvalue weighted by molar-refractivity contribution is 6.08. The summed E-state index contributed by atoms with van der Waals surface area (Å²) in [5.41, 5.74) is 6.70. The quantitative estimate of drug-likeness (QED) is 0.158. The van der Waals surface area contributed by atoms with Crippen LogP contribution in [0.3, 0.4) is 0 Å². The first kappa shape index (κ1) is 26.8. The molecule has 0 aliphatic rings. The van der Waals surface area contributed by atoms with Crippen molar-refractivity contribution in [2.45, 2.75) is 0 Å². The van der Waals surface area contributed by atoms with Gasteiger partial charge in [-0.05, 0) is 131 Å². The lowest BCUT2D eigenvalue weighted by atomic mass is 9.97. The van der Waals surface area contributed by atoms with E-state index in [4.69, 9.17) is 0 Å². The molecule has 0 radical (unpaired) electrons. The summed E-state index contributed by atoms with van der Waals surface area (Å²) in [6.07, 6.45) is 0. The average Bonchev–Trinajstić information content (AvgIpc) is 3.27. The molecule has 0 saturated carbocycles. The number of fused-ring (bicyclic) bond motifs is 5. The SMILES string of the molecule is [2H]c1c([2H])c(N(c2ccc(-c3ccc4ccccc4c3)cc2)c2cccc(-c3ccc4ccccc4c3)c2)c([2H])c([2H])c1-c1ccc2c(ccc3ccccc32)c1. The fourth-order valence-corrected chi connectivity index (χ4v) is 7.50. The number of nitrogens with zero attached hydrogens (tertiary/aromatic N) is 1. The molecular weight excluding hydrogens is 639 g/mol. The van der Waals surface area contributed by atoms with Gasteiger partial charge in [-0.2, -0.15) is 0 Å². The van der Waals surface area contributed by atoms with Crippen LogP contribution in [0.2, 0.25) is 0 Å². The molecule has 0 amide bonds. The second-order valence-electron chi connectivity index (χ2n) is 13.5. The Labute approximate surface area is 315 Å². The minimum atomic E-state index is -0.112. The Hall–Kier alpha value is -6.96. The van der Waals surface area contributed by atoms with Crippen LogP contribution >= 0.6 is 0 Å². The Kier molecular flexibility index (Phi) is 6.56. The summed E-state index contributed by atoms with van der Waals surface area (Å²) in [7, 11) is 0. The molecule has 10 rings (SSSR count). The van der Waals surface area contributed by atoms with Crippen LogP contribution in [-0.4, -0.2) is 0 Å². The van der Waals surface area contributed by atoms with Crippen LogP contribution in [-0.2, 0) is 0 Å². The topological polar surface area (TPSA) is 3.24 Å². The van der Waals surface area contributed by atoms with E-state index >= 15 is 0 Å². The molecule has 0 N–H and O–H groups in total. The zero-order chi connectivity index (χ0) is 38.6. The molecule has 1 heteroatoms. The van der Waals surface area contributed by atoms with E-state index in [1.807, 2.05) is 83.8 Å². The highest BCUT2D eigenvalue weighted by Gasteiger charge is 2.15. The molecule has 0 unspecified atom stereocenters. The Bertz CT molecular complexity index is 3160. The average molecular weight is 678 g/mol. The van der Waals surface area contributed by atoms with Gasteiger partial charge in [-0.1, -0.05) is 158 Å². The molecule has 10 aromatic carbocycles. The predicted molar refractivity (Wildman–Crippen MR) is 227 cm³/mol. The smallest absolute Gasteiger partial charge is 0.0645 e. The van der Waals surface area contributed by atoms with Gasteiger partial charge >= 0.3 is 0 Å². The Morgan fingerprint density at radius 3 is 1.47 bits per heavy atom. The Morgan fingerprint density at radius 1 is 0.264 bits per heavy atom. The van der Waals surface area contributed by atoms with E-state index in [0.29, 0.717) is 5.56 Å². The molecule has 0 aromatic heterocycles. The molecule has 0 heterocycles. The van der Waals surface area contributed by atoms with Gasteiger partial charge < -0.3 is 4.90 Å².